The summed E-state index contributed by atoms with van der Waals surface area (Å²) in [5, 5.41) is 0. The van der Waals surface area contributed by atoms with Crippen LogP contribution >= 0.6 is 0 Å². The van der Waals surface area contributed by atoms with Crippen LogP contribution in [0.15, 0.2) is 12.2 Å². The second kappa shape index (κ2) is 5.10. The maximum Gasteiger partial charge on any atom is 0.305 e. The molecule has 0 heterocycles. The molecule has 6 heteroatoms. The number of hydrogen-bond acceptors (Lipinski definition) is 0. The fraction of sp³-hybridized carbons (Fsp3) is 0.800. The molecular weight excluding hydrogens is 234 g/mol. The molecule has 0 rings (SSSR count). The van der Waals surface area contributed by atoms with Gasteiger partial charge >= 0.3 is 11.8 Å². The summed E-state index contributed by atoms with van der Waals surface area (Å²) in [5.41, 5.74) is -2.00. The monoisotopic (exact) mass is 248 g/mol. The summed E-state index contributed by atoms with van der Waals surface area (Å²) in [4.78, 5) is 0. The first kappa shape index (κ1) is 15.3. The van der Waals surface area contributed by atoms with Gasteiger partial charge in [-0.2, -0.15) is 17.6 Å². The zero-order valence-electron chi connectivity index (χ0n) is 9.04. The summed E-state index contributed by atoms with van der Waals surface area (Å²) >= 11 is 0. The first-order valence-electron chi connectivity index (χ1n) is 4.85. The van der Waals surface area contributed by atoms with E-state index in [2.05, 4.69) is 6.58 Å². The van der Waals surface area contributed by atoms with Gasteiger partial charge in [-0.15, -0.1) is 0 Å². The number of hydrogen-bond donors (Lipinski definition) is 0. The van der Waals surface area contributed by atoms with Crippen LogP contribution < -0.4 is 0 Å². The molecule has 0 fully saturated rings. The third-order valence-corrected chi connectivity index (χ3v) is 2.31. The van der Waals surface area contributed by atoms with E-state index >= 15 is 0 Å². The van der Waals surface area contributed by atoms with Crippen molar-refractivity contribution >= 4 is 0 Å². The summed E-state index contributed by atoms with van der Waals surface area (Å²) in [6, 6.07) is 0. The van der Waals surface area contributed by atoms with E-state index in [9.17, 15) is 26.3 Å². The lowest BCUT2D eigenvalue weighted by atomic mass is 9.94. The van der Waals surface area contributed by atoms with Crippen LogP contribution in [0, 0.1) is 0 Å². The fourth-order valence-electron chi connectivity index (χ4n) is 1.11. The van der Waals surface area contributed by atoms with Crippen molar-refractivity contribution in [1.82, 2.24) is 0 Å². The van der Waals surface area contributed by atoms with Gasteiger partial charge in [0.2, 0.25) is 0 Å². The fourth-order valence-corrected chi connectivity index (χ4v) is 1.11. The van der Waals surface area contributed by atoms with Crippen molar-refractivity contribution in [1.29, 1.82) is 0 Å². The minimum atomic E-state index is -4.42. The molecule has 0 aromatic carbocycles. The highest BCUT2D eigenvalue weighted by molar-refractivity contribution is 5.21. The van der Waals surface area contributed by atoms with Gasteiger partial charge in [-0.05, 0) is 12.8 Å². The van der Waals surface area contributed by atoms with Crippen LogP contribution in [0.3, 0.4) is 0 Å². The average Bonchev–Trinajstić information content (AvgIpc) is 2.25. The molecule has 0 saturated carbocycles. The zero-order chi connectivity index (χ0) is 13.1. The van der Waals surface area contributed by atoms with Crippen molar-refractivity contribution in [3.05, 3.63) is 12.2 Å². The Labute approximate surface area is 90.3 Å². The highest BCUT2D eigenvalue weighted by atomic mass is 19.3. The van der Waals surface area contributed by atoms with Crippen LogP contribution in [0.4, 0.5) is 26.3 Å². The Balaban J connectivity index is 5.05. The normalized spacial score (nSPS) is 17.0. The SMILES string of the molecule is C=C(C(F)(F)C(F)CC)C(F)(F)C(F)CC. The standard InChI is InChI=1S/C10H14F6/c1-4-7(11)9(13,14)6(3)10(15,16)8(12)5-2/h7-8H,3-5H2,1-2H3. The van der Waals surface area contributed by atoms with Crippen molar-refractivity contribution in [2.24, 2.45) is 0 Å². The minimum absolute atomic E-state index is 0.648. The molecule has 0 bridgehead atoms. The van der Waals surface area contributed by atoms with E-state index in [1.807, 2.05) is 0 Å². The molecule has 0 N–H and O–H groups in total. The van der Waals surface area contributed by atoms with Gasteiger partial charge in [0.25, 0.3) is 0 Å². The Hall–Kier alpha value is -0.680. The molecule has 0 aromatic heterocycles. The molecule has 2 atom stereocenters. The lowest BCUT2D eigenvalue weighted by molar-refractivity contribution is -0.112. The van der Waals surface area contributed by atoms with E-state index in [1.165, 1.54) is 0 Å². The Kier molecular flexibility index (Phi) is 4.88. The lowest BCUT2D eigenvalue weighted by Gasteiger charge is -2.29. The van der Waals surface area contributed by atoms with Gasteiger partial charge < -0.3 is 0 Å². The highest BCUT2D eigenvalue weighted by Gasteiger charge is 2.55. The third kappa shape index (κ3) is 2.71. The largest absolute Gasteiger partial charge is 0.305 e. The number of allylic oxidation sites excluding steroid dienone is 1. The van der Waals surface area contributed by atoms with E-state index in [0.29, 0.717) is 0 Å². The van der Waals surface area contributed by atoms with E-state index in [1.54, 1.807) is 0 Å². The van der Waals surface area contributed by atoms with Crippen LogP contribution in [0.2, 0.25) is 0 Å². The van der Waals surface area contributed by atoms with Crippen molar-refractivity contribution < 1.29 is 26.3 Å². The molecule has 0 radical (unpaired) electrons. The van der Waals surface area contributed by atoms with Gasteiger partial charge in [-0.25, -0.2) is 8.78 Å². The Morgan fingerprint density at radius 2 is 1.19 bits per heavy atom. The zero-order valence-corrected chi connectivity index (χ0v) is 9.04. The van der Waals surface area contributed by atoms with E-state index in [-0.39, 0.29) is 0 Å². The molecule has 0 spiro atoms. The molecule has 0 aromatic rings. The van der Waals surface area contributed by atoms with Gasteiger partial charge in [-0.1, -0.05) is 20.4 Å². The third-order valence-electron chi connectivity index (χ3n) is 2.31. The van der Waals surface area contributed by atoms with Crippen molar-refractivity contribution in [2.75, 3.05) is 0 Å². The summed E-state index contributed by atoms with van der Waals surface area (Å²) in [6.07, 6.45) is -6.86. The Morgan fingerprint density at radius 3 is 1.38 bits per heavy atom. The first-order chi connectivity index (χ1) is 7.12. The summed E-state index contributed by atoms with van der Waals surface area (Å²) in [6.45, 7) is 4.62. The molecule has 0 saturated heterocycles. The van der Waals surface area contributed by atoms with Crippen molar-refractivity contribution in [2.45, 2.75) is 50.9 Å². The minimum Gasteiger partial charge on any atom is -0.240 e. The highest BCUT2D eigenvalue weighted by Crippen LogP contribution is 2.42. The van der Waals surface area contributed by atoms with Crippen molar-refractivity contribution in [3.8, 4) is 0 Å². The summed E-state index contributed by atoms with van der Waals surface area (Å²) < 4.78 is 77.9. The van der Waals surface area contributed by atoms with Crippen LogP contribution in [0.5, 0.6) is 0 Å². The molecule has 0 nitrogen and oxygen atoms in total. The summed E-state index contributed by atoms with van der Waals surface area (Å²) in [5.74, 6) is -8.84. The molecule has 0 aliphatic rings. The molecule has 2 unspecified atom stereocenters. The summed E-state index contributed by atoms with van der Waals surface area (Å²) in [7, 11) is 0. The van der Waals surface area contributed by atoms with Crippen molar-refractivity contribution in [3.63, 3.8) is 0 Å². The smallest absolute Gasteiger partial charge is 0.240 e. The second-order valence-electron chi connectivity index (χ2n) is 3.48. The van der Waals surface area contributed by atoms with E-state index < -0.39 is 42.6 Å². The maximum absolute atomic E-state index is 13.1. The second-order valence-corrected chi connectivity index (χ2v) is 3.48. The van der Waals surface area contributed by atoms with E-state index in [4.69, 9.17) is 0 Å². The van der Waals surface area contributed by atoms with Crippen LogP contribution in [0.25, 0.3) is 0 Å². The Bertz CT molecular complexity index is 224. The topological polar surface area (TPSA) is 0 Å². The van der Waals surface area contributed by atoms with E-state index in [0.717, 1.165) is 13.8 Å². The first-order valence-corrected chi connectivity index (χ1v) is 4.85. The molecule has 16 heavy (non-hydrogen) atoms. The van der Waals surface area contributed by atoms with Gasteiger partial charge in [-0.3, -0.25) is 0 Å². The van der Waals surface area contributed by atoms with Crippen LogP contribution in [0.1, 0.15) is 26.7 Å². The molecule has 0 amide bonds. The molecular formula is C10H14F6. The number of halogens is 6. The number of rotatable bonds is 6. The van der Waals surface area contributed by atoms with Gasteiger partial charge in [0.1, 0.15) is 0 Å². The maximum atomic E-state index is 13.1. The van der Waals surface area contributed by atoms with Gasteiger partial charge in [0, 0.05) is 0 Å². The van der Waals surface area contributed by atoms with Gasteiger partial charge in [0.05, 0.1) is 5.57 Å². The predicted octanol–water partition coefficient (Wildman–Crippen LogP) is 4.31. The predicted molar refractivity (Wildman–Crippen MR) is 49.4 cm³/mol. The number of alkyl halides is 6. The Morgan fingerprint density at radius 1 is 0.938 bits per heavy atom. The molecule has 0 aliphatic heterocycles. The lowest BCUT2D eigenvalue weighted by Crippen LogP contribution is -2.44. The van der Waals surface area contributed by atoms with Crippen LogP contribution in [-0.4, -0.2) is 24.2 Å². The van der Waals surface area contributed by atoms with Gasteiger partial charge in [0.15, 0.2) is 12.3 Å². The molecule has 0 aliphatic carbocycles. The average molecular weight is 248 g/mol. The van der Waals surface area contributed by atoms with Crippen LogP contribution in [-0.2, 0) is 0 Å². The quantitative estimate of drug-likeness (QED) is 0.485. The molecule has 96 valence electrons.